The Bertz CT molecular complexity index is 606. The van der Waals surface area contributed by atoms with Gasteiger partial charge in [0.25, 0.3) is 0 Å². The summed E-state index contributed by atoms with van der Waals surface area (Å²) in [5, 5.41) is 0. The molecule has 0 saturated carbocycles. The zero-order valence-electron chi connectivity index (χ0n) is 10.8. The van der Waals surface area contributed by atoms with E-state index < -0.39 is 0 Å². The molecular weight excluding hydrogens is 306 g/mol. The lowest BCUT2D eigenvalue weighted by Gasteiger charge is -2.13. The smallest absolute Gasteiger partial charge is 0.125 e. The highest BCUT2D eigenvalue weighted by molar-refractivity contribution is 9.10. The summed E-state index contributed by atoms with van der Waals surface area (Å²) in [7, 11) is 0. The van der Waals surface area contributed by atoms with Crippen molar-refractivity contribution in [2.75, 3.05) is 6.61 Å². The molecule has 0 amide bonds. The van der Waals surface area contributed by atoms with Crippen LogP contribution in [-0.4, -0.2) is 6.61 Å². The van der Waals surface area contributed by atoms with E-state index in [1.807, 2.05) is 13.0 Å². The second kappa shape index (κ2) is 5.02. The summed E-state index contributed by atoms with van der Waals surface area (Å²) < 4.78 is 12.1. The van der Waals surface area contributed by atoms with E-state index in [2.05, 4.69) is 28.1 Å². The molecule has 0 spiro atoms. The third-order valence-corrected chi connectivity index (χ3v) is 3.90. The van der Waals surface area contributed by atoms with E-state index in [0.717, 1.165) is 46.6 Å². The molecule has 1 atom stereocenters. The van der Waals surface area contributed by atoms with Crippen LogP contribution < -0.4 is 10.5 Å². The Balaban J connectivity index is 1.87. The van der Waals surface area contributed by atoms with Crippen LogP contribution in [0.15, 0.2) is 33.4 Å². The molecule has 1 aliphatic heterocycles. The average molecular weight is 322 g/mol. The largest absolute Gasteiger partial charge is 0.493 e. The molecule has 2 aromatic rings. The molecule has 0 bridgehead atoms. The van der Waals surface area contributed by atoms with Crippen molar-refractivity contribution in [1.82, 2.24) is 0 Å². The predicted octanol–water partition coefficient (Wildman–Crippen LogP) is 3.53. The number of hydrogen-bond donors (Lipinski definition) is 1. The predicted molar refractivity (Wildman–Crippen MR) is 77.4 cm³/mol. The number of hydrogen-bond acceptors (Lipinski definition) is 3. The molecular formula is C15H16BrNO2. The van der Waals surface area contributed by atoms with Gasteiger partial charge in [-0.25, -0.2) is 0 Å². The summed E-state index contributed by atoms with van der Waals surface area (Å²) in [6.45, 7) is 2.69. The molecule has 2 N–H and O–H groups in total. The number of benzene rings is 1. The third kappa shape index (κ3) is 2.55. The Hall–Kier alpha value is -1.26. The van der Waals surface area contributed by atoms with Gasteiger partial charge in [0, 0.05) is 22.5 Å². The van der Waals surface area contributed by atoms with Crippen molar-refractivity contribution in [2.24, 2.45) is 5.73 Å². The van der Waals surface area contributed by atoms with E-state index in [-0.39, 0.29) is 6.04 Å². The normalized spacial score (nSPS) is 15.1. The fourth-order valence-corrected chi connectivity index (χ4v) is 3.06. The molecule has 2 heterocycles. The molecule has 1 unspecified atom stereocenters. The molecule has 19 heavy (non-hydrogen) atoms. The molecule has 4 heteroatoms. The van der Waals surface area contributed by atoms with Gasteiger partial charge < -0.3 is 14.9 Å². The lowest BCUT2D eigenvalue weighted by molar-refractivity contribution is 0.352. The first kappa shape index (κ1) is 12.8. The van der Waals surface area contributed by atoms with Crippen molar-refractivity contribution in [2.45, 2.75) is 25.8 Å². The van der Waals surface area contributed by atoms with Crippen LogP contribution in [0, 0.1) is 6.92 Å². The number of nitrogens with two attached hydrogens (primary N) is 1. The van der Waals surface area contributed by atoms with Gasteiger partial charge in [0.05, 0.1) is 12.9 Å². The number of furan rings is 1. The minimum absolute atomic E-state index is 0.0694. The maximum Gasteiger partial charge on any atom is 0.125 e. The Labute approximate surface area is 120 Å². The number of rotatable bonds is 3. The van der Waals surface area contributed by atoms with E-state index in [1.54, 1.807) is 6.26 Å². The van der Waals surface area contributed by atoms with Gasteiger partial charge in [0.15, 0.2) is 0 Å². The van der Waals surface area contributed by atoms with Gasteiger partial charge in [-0.15, -0.1) is 0 Å². The average Bonchev–Trinajstić information content (AvgIpc) is 2.97. The Morgan fingerprint density at radius 1 is 1.37 bits per heavy atom. The zero-order valence-corrected chi connectivity index (χ0v) is 12.4. The van der Waals surface area contributed by atoms with Crippen LogP contribution >= 0.6 is 15.9 Å². The highest BCUT2D eigenvalue weighted by Crippen LogP contribution is 2.35. The van der Waals surface area contributed by atoms with Gasteiger partial charge in [-0.3, -0.25) is 0 Å². The quantitative estimate of drug-likeness (QED) is 0.940. The summed E-state index contributed by atoms with van der Waals surface area (Å²) in [5.74, 6) is 1.90. The van der Waals surface area contributed by atoms with E-state index >= 15 is 0 Å². The van der Waals surface area contributed by atoms with Gasteiger partial charge in [-0.1, -0.05) is 15.9 Å². The zero-order chi connectivity index (χ0) is 13.4. The van der Waals surface area contributed by atoms with Crippen molar-refractivity contribution in [3.8, 4) is 5.75 Å². The molecule has 1 aromatic heterocycles. The van der Waals surface area contributed by atoms with Gasteiger partial charge in [-0.05, 0) is 42.7 Å². The van der Waals surface area contributed by atoms with E-state index in [0.29, 0.717) is 0 Å². The maximum atomic E-state index is 6.25. The van der Waals surface area contributed by atoms with E-state index in [1.165, 1.54) is 5.56 Å². The van der Waals surface area contributed by atoms with E-state index in [9.17, 15) is 0 Å². The standard InChI is InChI=1S/C15H16BrNO2/c1-9-4-12(8-19-9)14(17)7-11-6-13(16)5-10-2-3-18-15(10)11/h4-6,8,14H,2-3,7,17H2,1H3. The molecule has 0 aliphatic carbocycles. The fraction of sp³-hybridized carbons (Fsp3) is 0.333. The molecule has 0 fully saturated rings. The summed E-state index contributed by atoms with van der Waals surface area (Å²) in [5.41, 5.74) is 9.71. The van der Waals surface area contributed by atoms with Crippen LogP contribution in [0.4, 0.5) is 0 Å². The topological polar surface area (TPSA) is 48.4 Å². The van der Waals surface area contributed by atoms with Crippen LogP contribution in [0.2, 0.25) is 0 Å². The number of halogens is 1. The molecule has 3 rings (SSSR count). The van der Waals surface area contributed by atoms with Crippen LogP contribution in [0.1, 0.15) is 28.5 Å². The first-order chi connectivity index (χ1) is 9.13. The number of aryl methyl sites for hydroxylation is 1. The van der Waals surface area contributed by atoms with Crippen molar-refractivity contribution in [1.29, 1.82) is 0 Å². The maximum absolute atomic E-state index is 6.25. The van der Waals surface area contributed by atoms with Crippen molar-refractivity contribution >= 4 is 15.9 Å². The van der Waals surface area contributed by atoms with Crippen molar-refractivity contribution in [3.05, 3.63) is 51.4 Å². The van der Waals surface area contributed by atoms with Gasteiger partial charge in [-0.2, -0.15) is 0 Å². The lowest BCUT2D eigenvalue weighted by Crippen LogP contribution is -2.13. The highest BCUT2D eigenvalue weighted by atomic mass is 79.9. The van der Waals surface area contributed by atoms with E-state index in [4.69, 9.17) is 14.9 Å². The Morgan fingerprint density at radius 2 is 2.21 bits per heavy atom. The fourth-order valence-electron chi connectivity index (χ4n) is 2.51. The molecule has 100 valence electrons. The van der Waals surface area contributed by atoms with Crippen molar-refractivity contribution in [3.63, 3.8) is 0 Å². The van der Waals surface area contributed by atoms with Crippen LogP contribution in [0.5, 0.6) is 5.75 Å². The second-order valence-electron chi connectivity index (χ2n) is 4.95. The SMILES string of the molecule is Cc1cc(C(N)Cc2cc(Br)cc3c2OCC3)co1. The molecule has 3 nitrogen and oxygen atoms in total. The summed E-state index contributed by atoms with van der Waals surface area (Å²) in [6, 6.07) is 6.14. The minimum Gasteiger partial charge on any atom is -0.493 e. The summed E-state index contributed by atoms with van der Waals surface area (Å²) in [6.07, 6.45) is 3.46. The van der Waals surface area contributed by atoms with Gasteiger partial charge in [0.1, 0.15) is 11.5 Å². The monoisotopic (exact) mass is 321 g/mol. The first-order valence-corrected chi connectivity index (χ1v) is 7.17. The Kier molecular flexibility index (Phi) is 3.37. The van der Waals surface area contributed by atoms with Crippen LogP contribution in [0.3, 0.4) is 0 Å². The van der Waals surface area contributed by atoms with Crippen LogP contribution in [0.25, 0.3) is 0 Å². The summed E-state index contributed by atoms with van der Waals surface area (Å²) >= 11 is 3.55. The Morgan fingerprint density at radius 3 is 2.95 bits per heavy atom. The molecule has 0 radical (unpaired) electrons. The summed E-state index contributed by atoms with van der Waals surface area (Å²) in [4.78, 5) is 0. The van der Waals surface area contributed by atoms with Gasteiger partial charge in [0.2, 0.25) is 0 Å². The van der Waals surface area contributed by atoms with Crippen LogP contribution in [-0.2, 0) is 12.8 Å². The molecule has 1 aromatic carbocycles. The number of ether oxygens (including phenoxy) is 1. The first-order valence-electron chi connectivity index (χ1n) is 6.38. The van der Waals surface area contributed by atoms with Crippen molar-refractivity contribution < 1.29 is 9.15 Å². The minimum atomic E-state index is -0.0694. The third-order valence-electron chi connectivity index (χ3n) is 3.44. The number of fused-ring (bicyclic) bond motifs is 1. The van der Waals surface area contributed by atoms with Gasteiger partial charge >= 0.3 is 0 Å². The highest BCUT2D eigenvalue weighted by Gasteiger charge is 2.20. The lowest BCUT2D eigenvalue weighted by atomic mass is 9.99. The second-order valence-corrected chi connectivity index (χ2v) is 5.87. The molecule has 1 aliphatic rings. The molecule has 0 saturated heterocycles.